The van der Waals surface area contributed by atoms with Crippen LogP contribution in [0.3, 0.4) is 0 Å². The van der Waals surface area contributed by atoms with Gasteiger partial charge in [0.2, 0.25) is 6.79 Å². The molecule has 4 atom stereocenters. The number of cyclic esters (lactones) is 1. The Morgan fingerprint density at radius 3 is 2.12 bits per heavy atom. The molecule has 11 nitrogen and oxygen atoms in total. The van der Waals surface area contributed by atoms with Crippen LogP contribution in [0.25, 0.3) is 0 Å². The lowest BCUT2D eigenvalue weighted by molar-refractivity contribution is -0.141. The molecule has 0 spiro atoms. The molecule has 6 N–H and O–H groups in total. The molecule has 270 valence electrons. The number of rotatable bonds is 20. The highest BCUT2D eigenvalue weighted by Crippen LogP contribution is 2.55. The fourth-order valence-electron chi connectivity index (χ4n) is 7.57. The smallest absolute Gasteiger partial charge is 0.315 e. The molecule has 1 saturated heterocycles. The molecule has 3 aliphatic rings. The second-order valence-corrected chi connectivity index (χ2v) is 13.7. The van der Waals surface area contributed by atoms with Crippen LogP contribution in [0.15, 0.2) is 24.3 Å². The standard InChI is InChI=1S/C38H56N4O7/c1-25-19-26(20-32(46-2)36(25)43)33-27-21-30-31(49-24-48-30)22-28(27)35(29-23-47-37(44)34(29)33)42-38(45)41-18-13-11-9-7-5-3-4-6-8-10-12-16-40-17-14-15-39/h19-22,29,33-35,40,43H,3-18,23-24,39H2,1-2H3,(H2,41,42,45)/t29-,33?,34-,35+/m0/s1. The first-order valence-electron chi connectivity index (χ1n) is 18.4. The first-order chi connectivity index (χ1) is 23.9. The van der Waals surface area contributed by atoms with Crippen molar-refractivity contribution in [3.63, 3.8) is 0 Å². The molecule has 0 saturated carbocycles. The number of nitrogens with one attached hydrogen (secondary N) is 3. The van der Waals surface area contributed by atoms with Crippen LogP contribution in [0.4, 0.5) is 4.79 Å². The molecule has 1 fully saturated rings. The predicted molar refractivity (Wildman–Crippen MR) is 188 cm³/mol. The van der Waals surface area contributed by atoms with Gasteiger partial charge in [0.25, 0.3) is 0 Å². The van der Waals surface area contributed by atoms with Crippen LogP contribution in [0.5, 0.6) is 23.0 Å². The van der Waals surface area contributed by atoms with Crippen molar-refractivity contribution in [1.82, 2.24) is 16.0 Å². The highest BCUT2D eigenvalue weighted by atomic mass is 16.7. The number of fused-ring (bicyclic) bond motifs is 3. The summed E-state index contributed by atoms with van der Waals surface area (Å²) < 4.78 is 22.6. The number of carbonyl (C=O) groups is 2. The van der Waals surface area contributed by atoms with E-state index in [0.717, 1.165) is 55.6 Å². The van der Waals surface area contributed by atoms with Crippen molar-refractivity contribution in [1.29, 1.82) is 0 Å². The van der Waals surface area contributed by atoms with Crippen LogP contribution >= 0.6 is 0 Å². The summed E-state index contributed by atoms with van der Waals surface area (Å²) >= 11 is 0. The summed E-state index contributed by atoms with van der Waals surface area (Å²) in [5.74, 6) is 0.0717. The molecule has 0 bridgehead atoms. The Kier molecular flexibility index (Phi) is 13.7. The minimum atomic E-state index is -0.541. The van der Waals surface area contributed by atoms with Crippen molar-refractivity contribution in [2.24, 2.45) is 17.6 Å². The lowest BCUT2D eigenvalue weighted by atomic mass is 9.65. The van der Waals surface area contributed by atoms with E-state index in [4.69, 9.17) is 24.7 Å². The number of urea groups is 1. The number of phenolic OH excluding ortho intramolecular Hbond substituents is 1. The number of ether oxygens (including phenoxy) is 4. The quantitative estimate of drug-likeness (QED) is 0.0845. The largest absolute Gasteiger partial charge is 0.504 e. The third kappa shape index (κ3) is 9.30. The summed E-state index contributed by atoms with van der Waals surface area (Å²) in [6.45, 7) is 5.59. The maximum Gasteiger partial charge on any atom is 0.315 e. The lowest BCUT2D eigenvalue weighted by Crippen LogP contribution is -2.46. The zero-order valence-corrected chi connectivity index (χ0v) is 29.3. The van der Waals surface area contributed by atoms with Crippen LogP contribution < -0.4 is 35.9 Å². The number of carbonyl (C=O) groups excluding carboxylic acids is 2. The van der Waals surface area contributed by atoms with Crippen LogP contribution in [-0.4, -0.2) is 63.8 Å². The minimum Gasteiger partial charge on any atom is -0.504 e. The van der Waals surface area contributed by atoms with E-state index in [1.165, 1.54) is 64.9 Å². The minimum absolute atomic E-state index is 0.0646. The monoisotopic (exact) mass is 680 g/mol. The fourth-order valence-corrected chi connectivity index (χ4v) is 7.57. The molecule has 2 heterocycles. The highest BCUT2D eigenvalue weighted by Gasteiger charge is 2.53. The molecular weight excluding hydrogens is 624 g/mol. The molecule has 0 aromatic heterocycles. The van der Waals surface area contributed by atoms with Gasteiger partial charge in [-0.05, 0) is 86.3 Å². The molecule has 0 radical (unpaired) electrons. The number of amides is 2. The Balaban J connectivity index is 1.10. The number of hydrogen-bond donors (Lipinski definition) is 5. The second kappa shape index (κ2) is 18.3. The second-order valence-electron chi connectivity index (χ2n) is 13.7. The number of benzene rings is 2. The number of methoxy groups -OCH3 is 1. The van der Waals surface area contributed by atoms with Gasteiger partial charge in [-0.25, -0.2) is 4.79 Å². The first-order valence-corrected chi connectivity index (χ1v) is 18.4. The van der Waals surface area contributed by atoms with E-state index in [1.807, 2.05) is 18.2 Å². The maximum absolute atomic E-state index is 13.3. The van der Waals surface area contributed by atoms with Gasteiger partial charge in [-0.2, -0.15) is 0 Å². The summed E-state index contributed by atoms with van der Waals surface area (Å²) in [6, 6.07) is 6.76. The molecular formula is C38H56N4O7. The van der Waals surface area contributed by atoms with E-state index in [-0.39, 0.29) is 37.1 Å². The average Bonchev–Trinajstić information content (AvgIpc) is 3.72. The number of aryl methyl sites for hydroxylation is 1. The van der Waals surface area contributed by atoms with E-state index in [1.54, 1.807) is 13.0 Å². The van der Waals surface area contributed by atoms with Gasteiger partial charge in [-0.15, -0.1) is 0 Å². The molecule has 1 unspecified atom stereocenters. The summed E-state index contributed by atoms with van der Waals surface area (Å²) in [4.78, 5) is 26.6. The van der Waals surface area contributed by atoms with Crippen molar-refractivity contribution in [2.75, 3.05) is 46.7 Å². The van der Waals surface area contributed by atoms with Crippen molar-refractivity contribution < 1.29 is 33.6 Å². The van der Waals surface area contributed by atoms with Gasteiger partial charge in [0.1, 0.15) is 0 Å². The van der Waals surface area contributed by atoms with E-state index in [2.05, 4.69) is 16.0 Å². The van der Waals surface area contributed by atoms with Crippen molar-refractivity contribution >= 4 is 12.0 Å². The van der Waals surface area contributed by atoms with Gasteiger partial charge in [-0.3, -0.25) is 4.79 Å². The predicted octanol–water partition coefficient (Wildman–Crippen LogP) is 5.94. The third-order valence-electron chi connectivity index (χ3n) is 10.2. The van der Waals surface area contributed by atoms with Gasteiger partial charge in [0, 0.05) is 18.4 Å². The number of hydrogen-bond acceptors (Lipinski definition) is 9. The average molecular weight is 681 g/mol. The van der Waals surface area contributed by atoms with E-state index >= 15 is 0 Å². The van der Waals surface area contributed by atoms with Crippen molar-refractivity contribution in [3.8, 4) is 23.0 Å². The first kappa shape index (κ1) is 36.6. The van der Waals surface area contributed by atoms with Crippen molar-refractivity contribution in [3.05, 3.63) is 46.5 Å². The zero-order chi connectivity index (χ0) is 34.6. The molecule has 2 aliphatic heterocycles. The number of esters is 1. The zero-order valence-electron chi connectivity index (χ0n) is 29.3. The Morgan fingerprint density at radius 2 is 1.47 bits per heavy atom. The van der Waals surface area contributed by atoms with E-state index < -0.39 is 17.9 Å². The number of phenols is 1. The maximum atomic E-state index is 13.3. The molecule has 11 heteroatoms. The van der Waals surface area contributed by atoms with Crippen molar-refractivity contribution in [2.45, 2.75) is 95.9 Å². The molecule has 2 aromatic rings. The van der Waals surface area contributed by atoms with Crippen LogP contribution in [-0.2, 0) is 9.53 Å². The Bertz CT molecular complexity index is 1400. The van der Waals surface area contributed by atoms with Gasteiger partial charge in [0.15, 0.2) is 23.0 Å². The van der Waals surface area contributed by atoms with Crippen LogP contribution in [0.1, 0.15) is 111 Å². The molecule has 49 heavy (non-hydrogen) atoms. The molecule has 2 amide bonds. The topological polar surface area (TPSA) is 153 Å². The molecule has 2 aromatic carbocycles. The third-order valence-corrected chi connectivity index (χ3v) is 10.2. The number of nitrogens with two attached hydrogens (primary N) is 1. The summed E-state index contributed by atoms with van der Waals surface area (Å²) in [6.07, 6.45) is 14.6. The SMILES string of the molecule is COc1cc(C2c3cc4c(cc3[C@@H](NC(=O)NCCCCCCCCCCCCCNCCCN)[C@H]3COC(=O)[C@H]23)OCO4)cc(C)c1O. The summed E-state index contributed by atoms with van der Waals surface area (Å²) in [5.41, 5.74) is 8.70. The Labute approximate surface area is 291 Å². The Hall–Kier alpha value is -3.70. The number of unbranched alkanes of at least 4 members (excludes halogenated alkanes) is 10. The van der Waals surface area contributed by atoms with Crippen LogP contribution in [0, 0.1) is 18.8 Å². The lowest BCUT2D eigenvalue weighted by Gasteiger charge is -2.39. The highest BCUT2D eigenvalue weighted by molar-refractivity contribution is 5.80. The van der Waals surface area contributed by atoms with Gasteiger partial charge >= 0.3 is 12.0 Å². The van der Waals surface area contributed by atoms with Gasteiger partial charge in [-0.1, -0.05) is 63.9 Å². The fraction of sp³-hybridized carbons (Fsp3) is 0.632. The van der Waals surface area contributed by atoms with E-state index in [0.29, 0.717) is 29.4 Å². The van der Waals surface area contributed by atoms with Gasteiger partial charge in [0.05, 0.1) is 25.7 Å². The normalized spacial score (nSPS) is 20.4. The molecule has 1 aliphatic carbocycles. The van der Waals surface area contributed by atoms with Crippen LogP contribution in [0.2, 0.25) is 0 Å². The van der Waals surface area contributed by atoms with E-state index in [9.17, 15) is 14.7 Å². The Morgan fingerprint density at radius 1 is 0.857 bits per heavy atom. The van der Waals surface area contributed by atoms with Gasteiger partial charge < -0.3 is 45.7 Å². The molecule has 5 rings (SSSR count). The number of aromatic hydroxyl groups is 1. The summed E-state index contributed by atoms with van der Waals surface area (Å²) in [5, 5.41) is 20.2. The summed E-state index contributed by atoms with van der Waals surface area (Å²) in [7, 11) is 1.51.